The van der Waals surface area contributed by atoms with Crippen molar-refractivity contribution in [2.45, 2.75) is 12.2 Å². The van der Waals surface area contributed by atoms with Crippen LogP contribution in [-0.2, 0) is 0 Å². The van der Waals surface area contributed by atoms with E-state index in [1.165, 1.54) is 0 Å². The number of H-pyrrole nitrogens is 1. The summed E-state index contributed by atoms with van der Waals surface area (Å²) >= 11 is 5.14. The van der Waals surface area contributed by atoms with Gasteiger partial charge in [-0.05, 0) is 37.0 Å². The smallest absolute Gasteiger partial charge is 0.181 e. The fourth-order valence-corrected chi connectivity index (χ4v) is 2.13. The van der Waals surface area contributed by atoms with Crippen molar-refractivity contribution in [1.82, 2.24) is 14.9 Å². The normalized spacial score (nSPS) is 14.3. The lowest BCUT2D eigenvalue weighted by Crippen LogP contribution is -2.29. The van der Waals surface area contributed by atoms with Crippen LogP contribution in [0.4, 0.5) is 0 Å². The minimum absolute atomic E-state index is 0.339. The number of aliphatic hydroxyl groups excluding tert-OH is 2. The van der Waals surface area contributed by atoms with Gasteiger partial charge in [-0.2, -0.15) is 0 Å². The molecule has 6 heteroatoms. The Morgan fingerprint density at radius 2 is 2.00 bits per heavy atom. The lowest BCUT2D eigenvalue weighted by molar-refractivity contribution is 0.0202. The number of aliphatic hydroxyl groups is 2. The van der Waals surface area contributed by atoms with E-state index in [9.17, 15) is 10.2 Å². The molecule has 0 saturated heterocycles. The van der Waals surface area contributed by atoms with Crippen LogP contribution in [0.25, 0.3) is 5.69 Å². The average Bonchev–Trinajstić information content (AvgIpc) is 2.84. The van der Waals surface area contributed by atoms with Gasteiger partial charge in [0.15, 0.2) is 4.77 Å². The van der Waals surface area contributed by atoms with Crippen LogP contribution in [0.15, 0.2) is 36.7 Å². The summed E-state index contributed by atoms with van der Waals surface area (Å²) in [6, 6.07) is 7.28. The SMILES string of the molecule is CNCC(O)C(O)c1ccc(-n2cc[nH]c2=S)cc1. The molecule has 0 fully saturated rings. The number of likely N-dealkylation sites (N-methyl/N-ethyl adjacent to an activating group) is 1. The molecule has 0 radical (unpaired) electrons. The molecule has 0 aliphatic heterocycles. The summed E-state index contributed by atoms with van der Waals surface area (Å²) in [5.74, 6) is 0. The second kappa shape index (κ2) is 6.12. The molecule has 5 nitrogen and oxygen atoms in total. The molecule has 0 aliphatic carbocycles. The molecule has 2 rings (SSSR count). The molecule has 4 N–H and O–H groups in total. The van der Waals surface area contributed by atoms with Gasteiger partial charge in [-0.3, -0.25) is 4.57 Å². The van der Waals surface area contributed by atoms with Gasteiger partial charge >= 0.3 is 0 Å². The van der Waals surface area contributed by atoms with Crippen LogP contribution >= 0.6 is 12.2 Å². The molecular formula is C13H17N3O2S. The Bertz CT molecular complexity index is 576. The first-order valence-corrected chi connectivity index (χ1v) is 6.41. The van der Waals surface area contributed by atoms with Gasteiger partial charge in [-0.1, -0.05) is 12.1 Å². The van der Waals surface area contributed by atoms with E-state index in [1.807, 2.05) is 22.9 Å². The van der Waals surface area contributed by atoms with E-state index in [4.69, 9.17) is 12.2 Å². The van der Waals surface area contributed by atoms with Gasteiger partial charge in [0, 0.05) is 24.6 Å². The van der Waals surface area contributed by atoms with Crippen LogP contribution in [0.5, 0.6) is 0 Å². The second-order valence-corrected chi connectivity index (χ2v) is 4.68. The van der Waals surface area contributed by atoms with Crippen molar-refractivity contribution in [3.63, 3.8) is 0 Å². The van der Waals surface area contributed by atoms with E-state index in [2.05, 4.69) is 10.3 Å². The number of benzene rings is 1. The number of aromatic amines is 1. The van der Waals surface area contributed by atoms with E-state index in [-0.39, 0.29) is 0 Å². The van der Waals surface area contributed by atoms with Crippen molar-refractivity contribution in [2.24, 2.45) is 0 Å². The Kier molecular flexibility index (Phi) is 4.49. The van der Waals surface area contributed by atoms with Crippen LogP contribution in [0.1, 0.15) is 11.7 Å². The number of aromatic nitrogens is 2. The van der Waals surface area contributed by atoms with Crippen molar-refractivity contribution in [3.05, 3.63) is 47.0 Å². The summed E-state index contributed by atoms with van der Waals surface area (Å²) in [6.45, 7) is 0.339. The number of imidazole rings is 1. The van der Waals surface area contributed by atoms with E-state index < -0.39 is 12.2 Å². The van der Waals surface area contributed by atoms with Crippen molar-refractivity contribution in [1.29, 1.82) is 0 Å². The average molecular weight is 279 g/mol. The number of hydrogen-bond donors (Lipinski definition) is 4. The maximum absolute atomic E-state index is 9.97. The lowest BCUT2D eigenvalue weighted by Gasteiger charge is -2.18. The summed E-state index contributed by atoms with van der Waals surface area (Å²) in [5.41, 5.74) is 1.58. The number of nitrogens with zero attached hydrogens (tertiary/aromatic N) is 1. The summed E-state index contributed by atoms with van der Waals surface area (Å²) in [7, 11) is 1.73. The lowest BCUT2D eigenvalue weighted by atomic mass is 10.0. The first-order valence-electron chi connectivity index (χ1n) is 6.00. The monoisotopic (exact) mass is 279 g/mol. The fraction of sp³-hybridized carbons (Fsp3) is 0.308. The molecule has 0 bridgehead atoms. The maximum Gasteiger partial charge on any atom is 0.181 e. The summed E-state index contributed by atoms with van der Waals surface area (Å²) < 4.78 is 2.44. The van der Waals surface area contributed by atoms with Gasteiger partial charge in [-0.25, -0.2) is 0 Å². The molecule has 0 aliphatic rings. The predicted molar refractivity (Wildman–Crippen MR) is 75.8 cm³/mol. The Morgan fingerprint density at radius 3 is 2.53 bits per heavy atom. The highest BCUT2D eigenvalue weighted by atomic mass is 32.1. The van der Waals surface area contributed by atoms with E-state index in [1.54, 1.807) is 25.4 Å². The first-order chi connectivity index (χ1) is 9.13. The molecule has 0 saturated carbocycles. The predicted octanol–water partition coefficient (Wildman–Crippen LogP) is 1.15. The number of nitrogens with one attached hydrogen (secondary N) is 2. The highest BCUT2D eigenvalue weighted by Gasteiger charge is 2.17. The summed E-state index contributed by atoms with van der Waals surface area (Å²) in [4.78, 5) is 2.92. The first kappa shape index (κ1) is 14.0. The molecule has 1 aromatic heterocycles. The fourth-order valence-electron chi connectivity index (χ4n) is 1.90. The Labute approximate surface area is 116 Å². The Balaban J connectivity index is 2.19. The third kappa shape index (κ3) is 3.10. The van der Waals surface area contributed by atoms with Crippen LogP contribution in [0.2, 0.25) is 0 Å². The second-order valence-electron chi connectivity index (χ2n) is 4.30. The van der Waals surface area contributed by atoms with Crippen LogP contribution in [-0.4, -0.2) is 39.5 Å². The molecule has 2 atom stereocenters. The van der Waals surface area contributed by atoms with Gasteiger partial charge in [0.2, 0.25) is 0 Å². The Morgan fingerprint density at radius 1 is 1.32 bits per heavy atom. The highest BCUT2D eigenvalue weighted by molar-refractivity contribution is 7.71. The molecule has 19 heavy (non-hydrogen) atoms. The molecule has 2 aromatic rings. The highest BCUT2D eigenvalue weighted by Crippen LogP contribution is 2.19. The van der Waals surface area contributed by atoms with E-state index in [0.717, 1.165) is 5.69 Å². The number of hydrogen-bond acceptors (Lipinski definition) is 4. The van der Waals surface area contributed by atoms with Crippen LogP contribution in [0.3, 0.4) is 0 Å². The topological polar surface area (TPSA) is 73.2 Å². The number of rotatable bonds is 5. The molecular weight excluding hydrogens is 262 g/mol. The van der Waals surface area contributed by atoms with Crippen LogP contribution in [0, 0.1) is 4.77 Å². The molecule has 1 heterocycles. The van der Waals surface area contributed by atoms with Crippen molar-refractivity contribution in [2.75, 3.05) is 13.6 Å². The molecule has 1 aromatic carbocycles. The molecule has 0 spiro atoms. The van der Waals surface area contributed by atoms with Crippen molar-refractivity contribution < 1.29 is 10.2 Å². The van der Waals surface area contributed by atoms with Gasteiger partial charge in [0.05, 0.1) is 6.10 Å². The zero-order valence-electron chi connectivity index (χ0n) is 10.6. The third-order valence-electron chi connectivity index (χ3n) is 2.94. The minimum atomic E-state index is -0.902. The van der Waals surface area contributed by atoms with E-state index >= 15 is 0 Å². The maximum atomic E-state index is 9.97. The molecule has 0 amide bonds. The van der Waals surface area contributed by atoms with Gasteiger partial charge in [0.25, 0.3) is 0 Å². The van der Waals surface area contributed by atoms with Crippen molar-refractivity contribution in [3.8, 4) is 5.69 Å². The minimum Gasteiger partial charge on any atom is -0.389 e. The zero-order chi connectivity index (χ0) is 13.8. The quantitative estimate of drug-likeness (QED) is 0.620. The van der Waals surface area contributed by atoms with Gasteiger partial charge in [-0.15, -0.1) is 0 Å². The summed E-state index contributed by atoms with van der Waals surface area (Å²) in [5, 5.41) is 22.5. The molecule has 2 unspecified atom stereocenters. The standard InChI is InChI=1S/C13H17N3O2S/c1-14-8-11(17)12(18)9-2-4-10(5-3-9)16-7-6-15-13(16)19/h2-7,11-12,14,17-18H,8H2,1H3,(H,15,19). The molecule has 102 valence electrons. The summed E-state index contributed by atoms with van der Waals surface area (Å²) in [6.07, 6.45) is 1.87. The third-order valence-corrected chi connectivity index (χ3v) is 3.25. The van der Waals surface area contributed by atoms with Crippen LogP contribution < -0.4 is 5.32 Å². The van der Waals surface area contributed by atoms with Gasteiger partial charge < -0.3 is 20.5 Å². The Hall–Kier alpha value is -1.47. The van der Waals surface area contributed by atoms with Gasteiger partial charge in [0.1, 0.15) is 6.10 Å². The largest absolute Gasteiger partial charge is 0.389 e. The van der Waals surface area contributed by atoms with E-state index in [0.29, 0.717) is 16.9 Å². The zero-order valence-corrected chi connectivity index (χ0v) is 11.4. The van der Waals surface area contributed by atoms with Crippen molar-refractivity contribution >= 4 is 12.2 Å².